The van der Waals surface area contributed by atoms with Crippen LogP contribution in [0.4, 0.5) is 0 Å². The molecule has 0 radical (unpaired) electrons. The summed E-state index contributed by atoms with van der Waals surface area (Å²) in [7, 11) is 0. The highest BCUT2D eigenvalue weighted by atomic mass is 14.9. The highest BCUT2D eigenvalue weighted by Crippen LogP contribution is 2.18. The third-order valence-corrected chi connectivity index (χ3v) is 2.36. The van der Waals surface area contributed by atoms with E-state index in [2.05, 4.69) is 25.2 Å². The van der Waals surface area contributed by atoms with Crippen molar-refractivity contribution in [3.8, 4) is 0 Å². The Morgan fingerprint density at radius 1 is 1.50 bits per heavy atom. The summed E-state index contributed by atoms with van der Waals surface area (Å²) < 4.78 is 0. The van der Waals surface area contributed by atoms with Crippen molar-refractivity contribution in [2.75, 3.05) is 6.54 Å². The van der Waals surface area contributed by atoms with E-state index in [9.17, 15) is 0 Å². The molecule has 1 aliphatic rings. The Kier molecular flexibility index (Phi) is 4.37. The molecule has 0 bridgehead atoms. The maximum Gasteiger partial charge on any atom is 0.0140 e. The third-order valence-electron chi connectivity index (χ3n) is 2.36. The second-order valence-corrected chi connectivity index (χ2v) is 3.84. The van der Waals surface area contributed by atoms with Crippen LogP contribution < -0.4 is 5.32 Å². The minimum absolute atomic E-state index is 0.847. The van der Waals surface area contributed by atoms with Crippen LogP contribution in [0.3, 0.4) is 0 Å². The lowest BCUT2D eigenvalue weighted by Crippen LogP contribution is -2.15. The first-order valence-corrected chi connectivity index (χ1v) is 5.22. The van der Waals surface area contributed by atoms with Gasteiger partial charge in [0.25, 0.3) is 0 Å². The van der Waals surface area contributed by atoms with E-state index in [0.717, 1.165) is 12.6 Å². The van der Waals surface area contributed by atoms with Crippen molar-refractivity contribution in [1.29, 1.82) is 0 Å². The van der Waals surface area contributed by atoms with Gasteiger partial charge in [-0.3, -0.25) is 0 Å². The quantitative estimate of drug-likeness (QED) is 0.600. The van der Waals surface area contributed by atoms with Crippen LogP contribution >= 0.6 is 0 Å². The summed E-state index contributed by atoms with van der Waals surface area (Å²) >= 11 is 0. The molecule has 0 heterocycles. The van der Waals surface area contributed by atoms with Gasteiger partial charge >= 0.3 is 0 Å². The van der Waals surface area contributed by atoms with E-state index in [4.69, 9.17) is 0 Å². The number of allylic oxidation sites excluding steroid dienone is 1. The van der Waals surface area contributed by atoms with E-state index in [-0.39, 0.29) is 0 Å². The molecule has 1 fully saturated rings. The van der Waals surface area contributed by atoms with Crippen LogP contribution in [0.2, 0.25) is 0 Å². The molecule has 1 N–H and O–H groups in total. The van der Waals surface area contributed by atoms with Gasteiger partial charge in [-0.2, -0.15) is 0 Å². The summed E-state index contributed by atoms with van der Waals surface area (Å²) in [4.78, 5) is 0. The summed E-state index contributed by atoms with van der Waals surface area (Å²) in [5, 5.41) is 3.49. The number of hydrogen-bond acceptors (Lipinski definition) is 1. The van der Waals surface area contributed by atoms with E-state index in [1.165, 1.54) is 32.1 Å². The van der Waals surface area contributed by atoms with Gasteiger partial charge in [0.1, 0.15) is 0 Å². The molecule has 0 aromatic rings. The minimum atomic E-state index is 0.847. The monoisotopic (exact) mass is 167 g/mol. The van der Waals surface area contributed by atoms with Crippen LogP contribution in [-0.4, -0.2) is 12.6 Å². The minimum Gasteiger partial charge on any atom is -0.311 e. The van der Waals surface area contributed by atoms with Gasteiger partial charge in [-0.05, 0) is 32.6 Å². The fraction of sp³-hybridized carbons (Fsp3) is 0.818. The predicted molar refractivity (Wildman–Crippen MR) is 54.3 cm³/mol. The maximum atomic E-state index is 3.49. The molecule has 0 atom stereocenters. The first-order chi connectivity index (χ1) is 5.83. The molecule has 0 amide bonds. The fourth-order valence-electron chi connectivity index (χ4n) is 1.24. The number of hydrogen-bond donors (Lipinski definition) is 1. The molecule has 0 aliphatic heterocycles. The molecule has 1 aliphatic carbocycles. The molecule has 0 aromatic heterocycles. The van der Waals surface area contributed by atoms with Crippen LogP contribution in [0.15, 0.2) is 11.6 Å². The van der Waals surface area contributed by atoms with E-state index < -0.39 is 0 Å². The zero-order valence-corrected chi connectivity index (χ0v) is 8.40. The summed E-state index contributed by atoms with van der Waals surface area (Å²) in [6.45, 7) is 5.57. The molecule has 1 nitrogen and oxygen atoms in total. The second-order valence-electron chi connectivity index (χ2n) is 3.84. The van der Waals surface area contributed by atoms with Crippen molar-refractivity contribution in [1.82, 2.24) is 5.32 Å². The Labute approximate surface area is 76.2 Å². The molecule has 1 saturated carbocycles. The SMILES string of the molecule is CCCCC(C)=CCNC1CC1. The van der Waals surface area contributed by atoms with E-state index in [0.29, 0.717) is 0 Å². The summed E-state index contributed by atoms with van der Waals surface area (Å²) in [6, 6.07) is 0.847. The summed E-state index contributed by atoms with van der Waals surface area (Å²) in [5.41, 5.74) is 1.55. The largest absolute Gasteiger partial charge is 0.311 e. The predicted octanol–water partition coefficient (Wildman–Crippen LogP) is 2.87. The topological polar surface area (TPSA) is 12.0 Å². The average molecular weight is 167 g/mol. The lowest BCUT2D eigenvalue weighted by Gasteiger charge is -2.00. The van der Waals surface area contributed by atoms with Crippen LogP contribution in [0.1, 0.15) is 46.0 Å². The Bertz CT molecular complexity index is 145. The maximum absolute atomic E-state index is 3.49. The standard InChI is InChI=1S/C11H21N/c1-3-4-5-10(2)8-9-12-11-6-7-11/h8,11-12H,3-7,9H2,1-2H3. The van der Waals surface area contributed by atoms with E-state index >= 15 is 0 Å². The van der Waals surface area contributed by atoms with Gasteiger partial charge in [-0.25, -0.2) is 0 Å². The van der Waals surface area contributed by atoms with Crippen molar-refractivity contribution in [3.05, 3.63) is 11.6 Å². The van der Waals surface area contributed by atoms with Gasteiger partial charge in [0, 0.05) is 12.6 Å². The number of nitrogens with one attached hydrogen (secondary N) is 1. The van der Waals surface area contributed by atoms with Gasteiger partial charge in [-0.15, -0.1) is 0 Å². The van der Waals surface area contributed by atoms with Crippen molar-refractivity contribution in [2.45, 2.75) is 52.0 Å². The van der Waals surface area contributed by atoms with Crippen LogP contribution in [0, 0.1) is 0 Å². The molecular weight excluding hydrogens is 146 g/mol. The Morgan fingerprint density at radius 3 is 2.83 bits per heavy atom. The molecule has 1 rings (SSSR count). The first-order valence-electron chi connectivity index (χ1n) is 5.22. The molecule has 1 heteroatoms. The third kappa shape index (κ3) is 4.55. The molecule has 0 saturated heterocycles. The van der Waals surface area contributed by atoms with Crippen LogP contribution in [-0.2, 0) is 0 Å². The lowest BCUT2D eigenvalue weighted by molar-refractivity contribution is 0.739. The molecule has 12 heavy (non-hydrogen) atoms. The van der Waals surface area contributed by atoms with Gasteiger partial charge in [0.05, 0.1) is 0 Å². The Balaban J connectivity index is 1.98. The lowest BCUT2D eigenvalue weighted by atomic mass is 10.1. The van der Waals surface area contributed by atoms with Gasteiger partial charge in [0.2, 0.25) is 0 Å². The summed E-state index contributed by atoms with van der Waals surface area (Å²) in [6.07, 6.45) is 9.05. The smallest absolute Gasteiger partial charge is 0.0140 e. The second kappa shape index (κ2) is 5.36. The Hall–Kier alpha value is -0.300. The van der Waals surface area contributed by atoms with E-state index in [1.807, 2.05) is 0 Å². The highest BCUT2D eigenvalue weighted by Gasteiger charge is 2.18. The van der Waals surface area contributed by atoms with Gasteiger partial charge in [0.15, 0.2) is 0 Å². The molecule has 70 valence electrons. The zero-order chi connectivity index (χ0) is 8.81. The van der Waals surface area contributed by atoms with Gasteiger partial charge in [-0.1, -0.05) is 25.0 Å². The molecule has 0 spiro atoms. The molecular formula is C11H21N. The van der Waals surface area contributed by atoms with Crippen molar-refractivity contribution in [2.24, 2.45) is 0 Å². The molecule has 0 aromatic carbocycles. The van der Waals surface area contributed by atoms with Crippen molar-refractivity contribution >= 4 is 0 Å². The van der Waals surface area contributed by atoms with Crippen LogP contribution in [0.25, 0.3) is 0 Å². The Morgan fingerprint density at radius 2 is 2.25 bits per heavy atom. The first kappa shape index (κ1) is 9.79. The van der Waals surface area contributed by atoms with Gasteiger partial charge < -0.3 is 5.32 Å². The number of rotatable bonds is 6. The van der Waals surface area contributed by atoms with Crippen molar-refractivity contribution in [3.63, 3.8) is 0 Å². The van der Waals surface area contributed by atoms with Crippen LogP contribution in [0.5, 0.6) is 0 Å². The normalized spacial score (nSPS) is 18.3. The zero-order valence-electron chi connectivity index (χ0n) is 8.40. The fourth-order valence-corrected chi connectivity index (χ4v) is 1.24. The van der Waals surface area contributed by atoms with Crippen molar-refractivity contribution < 1.29 is 0 Å². The van der Waals surface area contributed by atoms with E-state index in [1.54, 1.807) is 5.57 Å². The summed E-state index contributed by atoms with van der Waals surface area (Å²) in [5.74, 6) is 0. The molecule has 0 unspecified atom stereocenters. The average Bonchev–Trinajstić information content (AvgIpc) is 2.84. The number of unbranched alkanes of at least 4 members (excludes halogenated alkanes) is 1. The highest BCUT2D eigenvalue weighted by molar-refractivity contribution is 5.00.